The standard InChI is InChI=1S/C14H21N3O3/c1-19-14(4-2-5-14)9-15-13(18)11-7-16-17-12(11)10-3-6-20-8-10/h7,10H,2-6,8-9H2,1H3,(H,15,18)(H,16,17)/t10-/m0/s1. The molecule has 2 heterocycles. The van der Waals surface area contributed by atoms with Gasteiger partial charge in [0.25, 0.3) is 5.91 Å². The largest absolute Gasteiger partial charge is 0.381 e. The molecule has 3 rings (SSSR count). The number of aromatic amines is 1. The molecule has 6 nitrogen and oxygen atoms in total. The first kappa shape index (κ1) is 13.6. The zero-order chi connectivity index (χ0) is 14.0. The first-order valence-corrected chi connectivity index (χ1v) is 7.18. The van der Waals surface area contributed by atoms with Crippen molar-refractivity contribution in [2.24, 2.45) is 0 Å². The second kappa shape index (κ2) is 5.54. The van der Waals surface area contributed by atoms with Gasteiger partial charge in [-0.2, -0.15) is 5.10 Å². The first-order valence-electron chi connectivity index (χ1n) is 7.18. The van der Waals surface area contributed by atoms with Crippen LogP contribution in [0.5, 0.6) is 0 Å². The molecule has 1 aromatic rings. The summed E-state index contributed by atoms with van der Waals surface area (Å²) in [5.74, 6) is 0.169. The smallest absolute Gasteiger partial charge is 0.254 e. The minimum Gasteiger partial charge on any atom is -0.381 e. The van der Waals surface area contributed by atoms with Gasteiger partial charge < -0.3 is 14.8 Å². The number of amides is 1. The molecular formula is C14H21N3O3. The Labute approximate surface area is 118 Å². The predicted octanol–water partition coefficient (Wildman–Crippen LogP) is 1.21. The molecular weight excluding hydrogens is 258 g/mol. The fraction of sp³-hybridized carbons (Fsp3) is 0.714. The second-order valence-electron chi connectivity index (χ2n) is 5.68. The molecule has 1 amide bonds. The molecule has 110 valence electrons. The zero-order valence-corrected chi connectivity index (χ0v) is 11.8. The van der Waals surface area contributed by atoms with Crippen LogP contribution in [0, 0.1) is 0 Å². The van der Waals surface area contributed by atoms with Gasteiger partial charge in [0.1, 0.15) is 0 Å². The van der Waals surface area contributed by atoms with Crippen LogP contribution >= 0.6 is 0 Å². The zero-order valence-electron chi connectivity index (χ0n) is 11.8. The fourth-order valence-electron chi connectivity index (χ4n) is 2.91. The van der Waals surface area contributed by atoms with Gasteiger partial charge in [-0.3, -0.25) is 9.89 Å². The third-order valence-electron chi connectivity index (χ3n) is 4.52. The Balaban J connectivity index is 1.64. The van der Waals surface area contributed by atoms with Gasteiger partial charge in [-0.25, -0.2) is 0 Å². The molecule has 0 bridgehead atoms. The molecule has 1 aromatic heterocycles. The van der Waals surface area contributed by atoms with Crippen molar-refractivity contribution in [2.75, 3.05) is 26.9 Å². The molecule has 2 aliphatic rings. The maximum absolute atomic E-state index is 12.3. The van der Waals surface area contributed by atoms with Gasteiger partial charge in [-0.15, -0.1) is 0 Å². The number of aromatic nitrogens is 2. The van der Waals surface area contributed by atoms with Crippen LogP contribution in [0.25, 0.3) is 0 Å². The van der Waals surface area contributed by atoms with Crippen LogP contribution in [0.4, 0.5) is 0 Å². The Bertz CT molecular complexity index is 470. The lowest BCUT2D eigenvalue weighted by molar-refractivity contribution is -0.0679. The molecule has 6 heteroatoms. The molecule has 1 aliphatic carbocycles. The van der Waals surface area contributed by atoms with Crippen LogP contribution in [0.15, 0.2) is 6.20 Å². The molecule has 1 atom stereocenters. The maximum Gasteiger partial charge on any atom is 0.254 e. The van der Waals surface area contributed by atoms with Crippen LogP contribution in [0.2, 0.25) is 0 Å². The number of carbonyl (C=O) groups is 1. The summed E-state index contributed by atoms with van der Waals surface area (Å²) >= 11 is 0. The molecule has 0 unspecified atom stereocenters. The number of rotatable bonds is 5. The van der Waals surface area contributed by atoms with Crippen molar-refractivity contribution in [3.8, 4) is 0 Å². The second-order valence-corrected chi connectivity index (χ2v) is 5.68. The molecule has 0 spiro atoms. The summed E-state index contributed by atoms with van der Waals surface area (Å²) in [5.41, 5.74) is 1.36. The van der Waals surface area contributed by atoms with E-state index in [0.717, 1.165) is 31.6 Å². The summed E-state index contributed by atoms with van der Waals surface area (Å²) in [6, 6.07) is 0. The third-order valence-corrected chi connectivity index (χ3v) is 4.52. The number of nitrogens with zero attached hydrogens (tertiary/aromatic N) is 1. The monoisotopic (exact) mass is 279 g/mol. The molecule has 0 aromatic carbocycles. The SMILES string of the molecule is COC1(CNC(=O)c2cn[nH]c2[C@H]2CCOC2)CCC1. The van der Waals surface area contributed by atoms with Crippen molar-refractivity contribution in [1.82, 2.24) is 15.5 Å². The summed E-state index contributed by atoms with van der Waals surface area (Å²) in [6.45, 7) is 1.97. The molecule has 1 aliphatic heterocycles. The van der Waals surface area contributed by atoms with E-state index in [9.17, 15) is 4.79 Å². The van der Waals surface area contributed by atoms with Crippen molar-refractivity contribution in [3.05, 3.63) is 17.5 Å². The highest BCUT2D eigenvalue weighted by Gasteiger charge is 2.37. The van der Waals surface area contributed by atoms with Gasteiger partial charge in [0.2, 0.25) is 0 Å². The average Bonchev–Trinajstić information content (AvgIpc) is 3.08. The fourth-order valence-corrected chi connectivity index (χ4v) is 2.91. The lowest BCUT2D eigenvalue weighted by atomic mass is 9.80. The van der Waals surface area contributed by atoms with E-state index >= 15 is 0 Å². The van der Waals surface area contributed by atoms with Crippen LogP contribution in [-0.4, -0.2) is 48.6 Å². The predicted molar refractivity (Wildman–Crippen MR) is 72.7 cm³/mol. The molecule has 2 fully saturated rings. The van der Waals surface area contributed by atoms with Gasteiger partial charge in [0, 0.05) is 26.2 Å². The average molecular weight is 279 g/mol. The van der Waals surface area contributed by atoms with E-state index in [1.165, 1.54) is 6.42 Å². The van der Waals surface area contributed by atoms with Gasteiger partial charge in [-0.05, 0) is 25.7 Å². The van der Waals surface area contributed by atoms with Crippen molar-refractivity contribution < 1.29 is 14.3 Å². The van der Waals surface area contributed by atoms with E-state index in [1.54, 1.807) is 13.3 Å². The van der Waals surface area contributed by atoms with E-state index < -0.39 is 0 Å². The number of carbonyl (C=O) groups excluding carboxylic acids is 1. The Morgan fingerprint density at radius 2 is 2.50 bits per heavy atom. The van der Waals surface area contributed by atoms with E-state index in [-0.39, 0.29) is 17.4 Å². The minimum atomic E-state index is -0.157. The van der Waals surface area contributed by atoms with Crippen LogP contribution in [-0.2, 0) is 9.47 Å². The normalized spacial score (nSPS) is 24.4. The molecule has 20 heavy (non-hydrogen) atoms. The Morgan fingerprint density at radius 3 is 3.10 bits per heavy atom. The van der Waals surface area contributed by atoms with Crippen LogP contribution in [0.1, 0.15) is 47.7 Å². The van der Waals surface area contributed by atoms with Crippen LogP contribution in [0.3, 0.4) is 0 Å². The summed E-state index contributed by atoms with van der Waals surface area (Å²) in [6.07, 6.45) is 5.73. The van der Waals surface area contributed by atoms with Gasteiger partial charge >= 0.3 is 0 Å². The Kier molecular flexibility index (Phi) is 3.76. The summed E-state index contributed by atoms with van der Waals surface area (Å²) in [7, 11) is 1.71. The number of H-pyrrole nitrogens is 1. The maximum atomic E-state index is 12.3. The first-order chi connectivity index (χ1) is 9.74. The van der Waals surface area contributed by atoms with E-state index in [0.29, 0.717) is 18.7 Å². The van der Waals surface area contributed by atoms with Crippen molar-refractivity contribution >= 4 is 5.91 Å². The highest BCUT2D eigenvalue weighted by molar-refractivity contribution is 5.95. The number of hydrogen-bond acceptors (Lipinski definition) is 4. The highest BCUT2D eigenvalue weighted by Crippen LogP contribution is 2.34. The third kappa shape index (κ3) is 2.45. The van der Waals surface area contributed by atoms with Gasteiger partial charge in [0.05, 0.1) is 29.7 Å². The Morgan fingerprint density at radius 1 is 1.65 bits per heavy atom. The van der Waals surface area contributed by atoms with Crippen molar-refractivity contribution in [1.29, 1.82) is 0 Å². The van der Waals surface area contributed by atoms with Crippen molar-refractivity contribution in [3.63, 3.8) is 0 Å². The summed E-state index contributed by atoms with van der Waals surface area (Å²) in [5, 5.41) is 9.94. The van der Waals surface area contributed by atoms with Crippen molar-refractivity contribution in [2.45, 2.75) is 37.2 Å². The summed E-state index contributed by atoms with van der Waals surface area (Å²) < 4.78 is 10.9. The molecule has 2 N–H and O–H groups in total. The lowest BCUT2D eigenvalue weighted by Gasteiger charge is -2.40. The number of methoxy groups -OCH3 is 1. The summed E-state index contributed by atoms with van der Waals surface area (Å²) in [4.78, 5) is 12.3. The molecule has 1 saturated carbocycles. The quantitative estimate of drug-likeness (QED) is 0.849. The van der Waals surface area contributed by atoms with Gasteiger partial charge in [0.15, 0.2) is 0 Å². The van der Waals surface area contributed by atoms with Crippen LogP contribution < -0.4 is 5.32 Å². The molecule has 1 saturated heterocycles. The number of ether oxygens (including phenoxy) is 2. The molecule has 0 radical (unpaired) electrons. The number of nitrogens with one attached hydrogen (secondary N) is 2. The van der Waals surface area contributed by atoms with E-state index in [2.05, 4.69) is 15.5 Å². The topological polar surface area (TPSA) is 76.2 Å². The Hall–Kier alpha value is -1.40. The minimum absolute atomic E-state index is 0.0797. The highest BCUT2D eigenvalue weighted by atomic mass is 16.5. The number of hydrogen-bond donors (Lipinski definition) is 2. The lowest BCUT2D eigenvalue weighted by Crippen LogP contribution is -2.49. The van der Waals surface area contributed by atoms with E-state index in [1.807, 2.05) is 0 Å². The van der Waals surface area contributed by atoms with E-state index in [4.69, 9.17) is 9.47 Å². The van der Waals surface area contributed by atoms with Gasteiger partial charge in [-0.1, -0.05) is 0 Å².